The standard InChI is InChI=1S/C30H36FN9O2/c1-3-21(22-7-8-22)14-26(32-2)16-34-30(42)28-19-40(38-36-28)17-25(31)11-12-39-18-27(35-37-39)29(41)33-15-20-5-4-6-24(13-20)23-9-10-23/h3-6,13-14,18-19,22-23,25H,1,7-12,15-17H2,2H3,(H,33,41)(H,34,42)/b21-14+,32-26?. The molecular weight excluding hydrogens is 537 g/mol. The minimum Gasteiger partial charge on any atom is -0.347 e. The van der Waals surface area contributed by atoms with Crippen LogP contribution in [0, 0.1) is 5.92 Å². The first-order chi connectivity index (χ1) is 20.4. The van der Waals surface area contributed by atoms with Gasteiger partial charge in [-0.05, 0) is 60.3 Å². The molecule has 5 rings (SSSR count). The fourth-order valence-electron chi connectivity index (χ4n) is 4.63. The first kappa shape index (κ1) is 29.0. The minimum atomic E-state index is -1.27. The predicted molar refractivity (Wildman–Crippen MR) is 156 cm³/mol. The average molecular weight is 574 g/mol. The molecule has 3 aromatic rings. The number of nitrogens with zero attached hydrogens (tertiary/aromatic N) is 7. The van der Waals surface area contributed by atoms with Gasteiger partial charge in [-0.25, -0.2) is 9.07 Å². The quantitative estimate of drug-likeness (QED) is 0.212. The highest BCUT2D eigenvalue weighted by atomic mass is 19.1. The van der Waals surface area contributed by atoms with E-state index in [4.69, 9.17) is 0 Å². The van der Waals surface area contributed by atoms with Crippen molar-refractivity contribution in [1.82, 2.24) is 40.6 Å². The summed E-state index contributed by atoms with van der Waals surface area (Å²) >= 11 is 0. The van der Waals surface area contributed by atoms with Gasteiger partial charge >= 0.3 is 0 Å². The molecule has 2 aliphatic carbocycles. The van der Waals surface area contributed by atoms with Crippen LogP contribution in [-0.2, 0) is 19.6 Å². The first-order valence-electron chi connectivity index (χ1n) is 14.3. The normalized spacial score (nSPS) is 16.2. The van der Waals surface area contributed by atoms with E-state index >= 15 is 0 Å². The summed E-state index contributed by atoms with van der Waals surface area (Å²) in [4.78, 5) is 29.3. The number of aromatic nitrogens is 6. The second-order valence-electron chi connectivity index (χ2n) is 10.8. The third kappa shape index (κ3) is 8.05. The number of amides is 2. The Morgan fingerprint density at radius 1 is 1.10 bits per heavy atom. The molecule has 0 spiro atoms. The Bertz CT molecular complexity index is 1480. The number of carbonyl (C=O) groups excluding carboxylic acids is 2. The fraction of sp³-hybridized carbons (Fsp3) is 0.433. The van der Waals surface area contributed by atoms with Crippen LogP contribution in [0.4, 0.5) is 4.39 Å². The van der Waals surface area contributed by atoms with Crippen LogP contribution >= 0.6 is 0 Å². The number of benzene rings is 1. The molecule has 2 aliphatic rings. The molecule has 2 heterocycles. The number of hydrogen-bond donors (Lipinski definition) is 2. The van der Waals surface area contributed by atoms with E-state index in [-0.39, 0.29) is 43.4 Å². The summed E-state index contributed by atoms with van der Waals surface area (Å²) in [6.45, 7) is 4.65. The Balaban J connectivity index is 1.04. The maximum absolute atomic E-state index is 14.7. The van der Waals surface area contributed by atoms with E-state index in [9.17, 15) is 14.0 Å². The van der Waals surface area contributed by atoms with E-state index in [1.54, 1.807) is 7.05 Å². The summed E-state index contributed by atoms with van der Waals surface area (Å²) in [6.07, 6.45) is 10.3. The highest BCUT2D eigenvalue weighted by molar-refractivity contribution is 6.01. The van der Waals surface area contributed by atoms with Gasteiger partial charge in [0.05, 0.1) is 31.2 Å². The van der Waals surface area contributed by atoms with E-state index < -0.39 is 12.1 Å². The van der Waals surface area contributed by atoms with Crippen LogP contribution in [0.1, 0.15) is 70.1 Å². The predicted octanol–water partition coefficient (Wildman–Crippen LogP) is 3.43. The molecule has 2 N–H and O–H groups in total. The van der Waals surface area contributed by atoms with Crippen molar-refractivity contribution in [3.8, 4) is 0 Å². The number of nitrogens with one attached hydrogen (secondary N) is 2. The van der Waals surface area contributed by atoms with Crippen LogP contribution in [0.5, 0.6) is 0 Å². The van der Waals surface area contributed by atoms with Gasteiger partial charge in [-0.1, -0.05) is 47.3 Å². The lowest BCUT2D eigenvalue weighted by atomic mass is 10.1. The van der Waals surface area contributed by atoms with Crippen LogP contribution in [-0.4, -0.2) is 67.3 Å². The van der Waals surface area contributed by atoms with Crippen LogP contribution in [0.3, 0.4) is 0 Å². The average Bonchev–Trinajstić information content (AvgIpc) is 3.94. The van der Waals surface area contributed by atoms with E-state index in [1.165, 1.54) is 40.2 Å². The fourth-order valence-corrected chi connectivity index (χ4v) is 4.63. The number of allylic oxidation sites excluding steroid dienone is 2. The lowest BCUT2D eigenvalue weighted by molar-refractivity contribution is 0.0941. The number of alkyl halides is 1. The van der Waals surface area contributed by atoms with Gasteiger partial charge in [0.15, 0.2) is 11.4 Å². The molecule has 42 heavy (non-hydrogen) atoms. The maximum atomic E-state index is 14.7. The van der Waals surface area contributed by atoms with Crippen molar-refractivity contribution in [2.45, 2.75) is 63.8 Å². The molecule has 2 fully saturated rings. The SMILES string of the molecule is C=C/C(=C\C(CNC(=O)c1cn(CC(F)CCn2cc(C(=O)NCc3cccc(C4CC4)c3)nn2)nn1)=NC)C1CC1. The number of halogens is 1. The highest BCUT2D eigenvalue weighted by Gasteiger charge is 2.25. The smallest absolute Gasteiger partial charge is 0.273 e. The summed E-state index contributed by atoms with van der Waals surface area (Å²) < 4.78 is 17.5. The third-order valence-corrected chi connectivity index (χ3v) is 7.39. The molecule has 1 atom stereocenters. The number of carbonyl (C=O) groups is 2. The lowest BCUT2D eigenvalue weighted by Crippen LogP contribution is -2.29. The van der Waals surface area contributed by atoms with Crippen LogP contribution < -0.4 is 10.6 Å². The Hall–Kier alpha value is -4.48. The van der Waals surface area contributed by atoms with E-state index in [0.717, 1.165) is 29.7 Å². The molecular formula is C30H36FN9O2. The van der Waals surface area contributed by atoms with Crippen LogP contribution in [0.2, 0.25) is 0 Å². The van der Waals surface area contributed by atoms with Crippen molar-refractivity contribution in [2.75, 3.05) is 13.6 Å². The molecule has 220 valence electrons. The maximum Gasteiger partial charge on any atom is 0.273 e. The van der Waals surface area contributed by atoms with Gasteiger partial charge in [0.2, 0.25) is 0 Å². The molecule has 0 aliphatic heterocycles. The summed E-state index contributed by atoms with van der Waals surface area (Å²) in [5.74, 6) is 0.429. The zero-order valence-electron chi connectivity index (χ0n) is 23.7. The second-order valence-corrected chi connectivity index (χ2v) is 10.8. The summed E-state index contributed by atoms with van der Waals surface area (Å²) in [5.41, 5.74) is 4.48. The first-order valence-corrected chi connectivity index (χ1v) is 14.3. The topological polar surface area (TPSA) is 132 Å². The zero-order valence-corrected chi connectivity index (χ0v) is 23.7. The lowest BCUT2D eigenvalue weighted by Gasteiger charge is -2.07. The Kier molecular flexibility index (Phi) is 9.30. The van der Waals surface area contributed by atoms with Crippen molar-refractivity contribution < 1.29 is 14.0 Å². The van der Waals surface area contributed by atoms with Gasteiger partial charge in [0.1, 0.15) is 6.17 Å². The van der Waals surface area contributed by atoms with Gasteiger partial charge < -0.3 is 10.6 Å². The largest absolute Gasteiger partial charge is 0.347 e. The minimum absolute atomic E-state index is 0.0727. The zero-order chi connectivity index (χ0) is 29.5. The third-order valence-electron chi connectivity index (χ3n) is 7.39. The molecule has 2 aromatic heterocycles. The van der Waals surface area contributed by atoms with E-state index in [1.807, 2.05) is 24.3 Å². The molecule has 0 bridgehead atoms. The Morgan fingerprint density at radius 2 is 1.81 bits per heavy atom. The number of aliphatic imine (C=N–C) groups is 1. The Morgan fingerprint density at radius 3 is 2.50 bits per heavy atom. The van der Waals surface area contributed by atoms with Crippen molar-refractivity contribution >= 4 is 17.5 Å². The molecule has 1 unspecified atom stereocenters. The number of rotatable bonds is 15. The number of aryl methyl sites for hydroxylation is 1. The molecule has 1 aromatic carbocycles. The molecule has 11 nitrogen and oxygen atoms in total. The highest BCUT2D eigenvalue weighted by Crippen LogP contribution is 2.40. The summed E-state index contributed by atoms with van der Waals surface area (Å²) in [6, 6.07) is 8.25. The second kappa shape index (κ2) is 13.5. The monoisotopic (exact) mass is 573 g/mol. The van der Waals surface area contributed by atoms with Gasteiger partial charge in [-0.15, -0.1) is 10.2 Å². The summed E-state index contributed by atoms with van der Waals surface area (Å²) in [7, 11) is 1.67. The van der Waals surface area contributed by atoms with Crippen molar-refractivity contribution in [3.05, 3.63) is 83.5 Å². The Labute approximate surface area is 244 Å². The molecule has 2 saturated carbocycles. The molecule has 0 radical (unpaired) electrons. The number of hydrogen-bond acceptors (Lipinski definition) is 7. The van der Waals surface area contributed by atoms with Gasteiger partial charge in [0, 0.05) is 26.6 Å². The molecule has 2 amide bonds. The van der Waals surface area contributed by atoms with E-state index in [0.29, 0.717) is 18.4 Å². The van der Waals surface area contributed by atoms with Gasteiger partial charge in [0.25, 0.3) is 11.8 Å². The van der Waals surface area contributed by atoms with Crippen molar-refractivity contribution in [1.29, 1.82) is 0 Å². The molecule has 0 saturated heterocycles. The van der Waals surface area contributed by atoms with Gasteiger partial charge in [-0.2, -0.15) is 0 Å². The van der Waals surface area contributed by atoms with Crippen molar-refractivity contribution in [3.63, 3.8) is 0 Å². The van der Waals surface area contributed by atoms with Crippen LogP contribution in [0.15, 0.2) is 66.0 Å². The summed E-state index contributed by atoms with van der Waals surface area (Å²) in [5, 5.41) is 21.3. The molecule has 12 heteroatoms. The van der Waals surface area contributed by atoms with E-state index in [2.05, 4.69) is 55.0 Å². The van der Waals surface area contributed by atoms with Gasteiger partial charge in [-0.3, -0.25) is 19.3 Å². The van der Waals surface area contributed by atoms with Crippen molar-refractivity contribution in [2.24, 2.45) is 10.9 Å². The van der Waals surface area contributed by atoms with Crippen LogP contribution in [0.25, 0.3) is 0 Å².